The summed E-state index contributed by atoms with van der Waals surface area (Å²) in [7, 11) is -3.49. The van der Waals surface area contributed by atoms with Gasteiger partial charge >= 0.3 is 0 Å². The second-order valence-corrected chi connectivity index (χ2v) is 6.58. The van der Waals surface area contributed by atoms with Crippen molar-refractivity contribution >= 4 is 16.0 Å². The number of H-pyrrole nitrogens is 1. The van der Waals surface area contributed by atoms with Crippen LogP contribution < -0.4 is 9.62 Å². The van der Waals surface area contributed by atoms with Crippen LogP contribution in [0.15, 0.2) is 35.7 Å². The SMILES string of the molecule is O=S(=O)(NC1CCN(c2ncccn2)CC1)c1cn[nH]c1. The number of sulfonamides is 1. The third-order valence-corrected chi connectivity index (χ3v) is 4.92. The first kappa shape index (κ1) is 14.0. The Bertz CT molecular complexity index is 665. The van der Waals surface area contributed by atoms with E-state index in [2.05, 4.69) is 29.8 Å². The number of anilines is 1. The van der Waals surface area contributed by atoms with Gasteiger partial charge in [-0.1, -0.05) is 0 Å². The lowest BCUT2D eigenvalue weighted by Crippen LogP contribution is -2.45. The number of aromatic amines is 1. The van der Waals surface area contributed by atoms with Gasteiger partial charge in [0.2, 0.25) is 16.0 Å². The number of piperidine rings is 1. The molecule has 0 atom stereocenters. The van der Waals surface area contributed by atoms with Crippen LogP contribution in [0.25, 0.3) is 0 Å². The van der Waals surface area contributed by atoms with E-state index in [1.54, 1.807) is 18.5 Å². The highest BCUT2D eigenvalue weighted by Gasteiger charge is 2.25. The summed E-state index contributed by atoms with van der Waals surface area (Å²) in [4.78, 5) is 10.6. The summed E-state index contributed by atoms with van der Waals surface area (Å²) < 4.78 is 26.9. The molecule has 0 aliphatic carbocycles. The number of hydrogen-bond acceptors (Lipinski definition) is 6. The predicted molar refractivity (Wildman–Crippen MR) is 76.2 cm³/mol. The molecule has 1 fully saturated rings. The molecule has 0 amide bonds. The zero-order valence-corrected chi connectivity index (χ0v) is 12.1. The van der Waals surface area contributed by atoms with Crippen LogP contribution >= 0.6 is 0 Å². The lowest BCUT2D eigenvalue weighted by molar-refractivity contribution is 0.456. The second kappa shape index (κ2) is 5.78. The van der Waals surface area contributed by atoms with Crippen molar-refractivity contribution < 1.29 is 8.42 Å². The Morgan fingerprint density at radius 3 is 2.57 bits per heavy atom. The Kier molecular flexibility index (Phi) is 3.84. The summed E-state index contributed by atoms with van der Waals surface area (Å²) >= 11 is 0. The maximum Gasteiger partial charge on any atom is 0.243 e. The molecule has 1 aliphatic heterocycles. The van der Waals surface area contributed by atoms with Crippen LogP contribution in [-0.4, -0.2) is 47.7 Å². The van der Waals surface area contributed by atoms with E-state index in [9.17, 15) is 8.42 Å². The van der Waals surface area contributed by atoms with Crippen molar-refractivity contribution in [2.24, 2.45) is 0 Å². The molecule has 3 heterocycles. The van der Waals surface area contributed by atoms with Gasteiger partial charge in [-0.3, -0.25) is 5.10 Å². The summed E-state index contributed by atoms with van der Waals surface area (Å²) in [5.74, 6) is 0.689. The molecule has 1 aliphatic rings. The van der Waals surface area contributed by atoms with Crippen molar-refractivity contribution in [2.45, 2.75) is 23.8 Å². The maximum atomic E-state index is 12.1. The van der Waals surface area contributed by atoms with Gasteiger partial charge in [-0.15, -0.1) is 0 Å². The highest BCUT2D eigenvalue weighted by Crippen LogP contribution is 2.17. The highest BCUT2D eigenvalue weighted by molar-refractivity contribution is 7.89. The first-order valence-electron chi connectivity index (χ1n) is 6.68. The second-order valence-electron chi connectivity index (χ2n) is 4.87. The molecule has 0 bridgehead atoms. The third-order valence-electron chi connectivity index (χ3n) is 3.44. The van der Waals surface area contributed by atoms with Gasteiger partial charge in [-0.25, -0.2) is 23.1 Å². The molecule has 9 heteroatoms. The van der Waals surface area contributed by atoms with Gasteiger partial charge in [-0.2, -0.15) is 5.10 Å². The Morgan fingerprint density at radius 1 is 1.24 bits per heavy atom. The van der Waals surface area contributed by atoms with Crippen molar-refractivity contribution in [3.05, 3.63) is 30.9 Å². The van der Waals surface area contributed by atoms with Crippen LogP contribution in [-0.2, 0) is 10.0 Å². The molecule has 0 radical (unpaired) electrons. The van der Waals surface area contributed by atoms with Crippen LogP contribution in [0.3, 0.4) is 0 Å². The largest absolute Gasteiger partial charge is 0.341 e. The molecule has 0 aromatic carbocycles. The summed E-state index contributed by atoms with van der Waals surface area (Å²) in [6.45, 7) is 1.45. The molecule has 2 aromatic rings. The van der Waals surface area contributed by atoms with Crippen molar-refractivity contribution in [1.82, 2.24) is 24.9 Å². The molecule has 0 spiro atoms. The van der Waals surface area contributed by atoms with E-state index in [-0.39, 0.29) is 10.9 Å². The van der Waals surface area contributed by atoms with E-state index in [0.717, 1.165) is 25.9 Å². The van der Waals surface area contributed by atoms with Gasteiger partial charge in [0.15, 0.2) is 0 Å². The molecule has 3 rings (SSSR count). The van der Waals surface area contributed by atoms with Gasteiger partial charge < -0.3 is 4.90 Å². The van der Waals surface area contributed by atoms with E-state index >= 15 is 0 Å². The average molecular weight is 308 g/mol. The summed E-state index contributed by atoms with van der Waals surface area (Å²) in [5, 5.41) is 6.17. The van der Waals surface area contributed by atoms with E-state index in [0.29, 0.717) is 5.95 Å². The fourth-order valence-corrected chi connectivity index (χ4v) is 3.54. The highest BCUT2D eigenvalue weighted by atomic mass is 32.2. The lowest BCUT2D eigenvalue weighted by atomic mass is 10.1. The molecular formula is C12H16N6O2S. The van der Waals surface area contributed by atoms with Gasteiger partial charge in [-0.05, 0) is 18.9 Å². The van der Waals surface area contributed by atoms with E-state index < -0.39 is 10.0 Å². The number of nitrogens with zero attached hydrogens (tertiary/aromatic N) is 4. The van der Waals surface area contributed by atoms with Gasteiger partial charge in [0.25, 0.3) is 0 Å². The van der Waals surface area contributed by atoms with E-state index in [1.165, 1.54) is 12.4 Å². The summed E-state index contributed by atoms with van der Waals surface area (Å²) in [6, 6.07) is 1.69. The molecule has 0 saturated carbocycles. The molecule has 2 N–H and O–H groups in total. The minimum absolute atomic E-state index is 0.0788. The van der Waals surface area contributed by atoms with Crippen molar-refractivity contribution in [1.29, 1.82) is 0 Å². The fraction of sp³-hybridized carbons (Fsp3) is 0.417. The standard InChI is InChI=1S/C12H16N6O2S/c19-21(20,11-8-15-16-9-11)17-10-2-6-18(7-3-10)12-13-4-1-5-14-12/h1,4-5,8-10,17H,2-3,6-7H2,(H,15,16). The first-order chi connectivity index (χ1) is 10.1. The maximum absolute atomic E-state index is 12.1. The zero-order valence-electron chi connectivity index (χ0n) is 11.3. The normalized spacial score (nSPS) is 17.0. The molecule has 1 saturated heterocycles. The molecule has 112 valence electrons. The molecular weight excluding hydrogens is 292 g/mol. The van der Waals surface area contributed by atoms with Crippen LogP contribution in [0.1, 0.15) is 12.8 Å². The monoisotopic (exact) mass is 308 g/mol. The van der Waals surface area contributed by atoms with E-state index in [1.807, 2.05) is 0 Å². The van der Waals surface area contributed by atoms with Crippen molar-refractivity contribution in [3.8, 4) is 0 Å². The lowest BCUT2D eigenvalue weighted by Gasteiger charge is -2.31. The Labute approximate surface area is 122 Å². The number of hydrogen-bond donors (Lipinski definition) is 2. The summed E-state index contributed by atoms with van der Waals surface area (Å²) in [6.07, 6.45) is 7.52. The molecule has 8 nitrogen and oxygen atoms in total. The number of rotatable bonds is 4. The van der Waals surface area contributed by atoms with E-state index in [4.69, 9.17) is 0 Å². The van der Waals surface area contributed by atoms with Crippen molar-refractivity contribution in [3.63, 3.8) is 0 Å². The third kappa shape index (κ3) is 3.19. The molecule has 0 unspecified atom stereocenters. The zero-order chi connectivity index (χ0) is 14.7. The van der Waals surface area contributed by atoms with Crippen LogP contribution in [0.4, 0.5) is 5.95 Å². The Balaban J connectivity index is 1.59. The molecule has 21 heavy (non-hydrogen) atoms. The van der Waals surface area contributed by atoms with Gasteiger partial charge in [0, 0.05) is 37.7 Å². The van der Waals surface area contributed by atoms with Crippen LogP contribution in [0.5, 0.6) is 0 Å². The minimum atomic E-state index is -3.49. The quantitative estimate of drug-likeness (QED) is 0.833. The minimum Gasteiger partial charge on any atom is -0.341 e. The van der Waals surface area contributed by atoms with Crippen LogP contribution in [0, 0.1) is 0 Å². The van der Waals surface area contributed by atoms with Crippen molar-refractivity contribution in [2.75, 3.05) is 18.0 Å². The number of nitrogens with one attached hydrogen (secondary N) is 2. The Hall–Kier alpha value is -2.00. The van der Waals surface area contributed by atoms with Gasteiger partial charge in [0.05, 0.1) is 6.20 Å². The first-order valence-corrected chi connectivity index (χ1v) is 8.16. The fourth-order valence-electron chi connectivity index (χ4n) is 2.33. The smallest absolute Gasteiger partial charge is 0.243 e. The predicted octanol–water partition coefficient (Wildman–Crippen LogP) is 0.147. The van der Waals surface area contributed by atoms with Gasteiger partial charge in [0.1, 0.15) is 4.90 Å². The number of aromatic nitrogens is 4. The topological polar surface area (TPSA) is 104 Å². The average Bonchev–Trinajstić information content (AvgIpc) is 3.04. The summed E-state index contributed by atoms with van der Waals surface area (Å²) in [5.41, 5.74) is 0. The Morgan fingerprint density at radius 2 is 1.95 bits per heavy atom. The van der Waals surface area contributed by atoms with Crippen LogP contribution in [0.2, 0.25) is 0 Å². The molecule has 2 aromatic heterocycles.